The van der Waals surface area contributed by atoms with Crippen LogP contribution in [0.5, 0.6) is 0 Å². The van der Waals surface area contributed by atoms with Gasteiger partial charge in [0.25, 0.3) is 0 Å². The van der Waals surface area contributed by atoms with Gasteiger partial charge in [0.15, 0.2) is 0 Å². The first-order chi connectivity index (χ1) is 15.1. The molecule has 0 saturated carbocycles. The number of benzene rings is 1. The van der Waals surface area contributed by atoms with E-state index in [1.54, 1.807) is 23.1 Å². The third-order valence-corrected chi connectivity index (χ3v) is 6.40. The molecular weight excluding hydrogens is 407 g/mol. The van der Waals surface area contributed by atoms with Crippen LogP contribution in [0.2, 0.25) is 0 Å². The van der Waals surface area contributed by atoms with Crippen molar-refractivity contribution < 1.29 is 14.0 Å². The van der Waals surface area contributed by atoms with Gasteiger partial charge in [-0.15, -0.1) is 0 Å². The molecule has 4 rings (SSSR count). The van der Waals surface area contributed by atoms with E-state index in [0.29, 0.717) is 56.1 Å². The van der Waals surface area contributed by atoms with Crippen molar-refractivity contribution in [3.63, 3.8) is 0 Å². The van der Waals surface area contributed by atoms with Gasteiger partial charge < -0.3 is 4.90 Å². The highest BCUT2D eigenvalue weighted by Gasteiger charge is 2.36. The van der Waals surface area contributed by atoms with Crippen LogP contribution in [0.4, 0.5) is 10.2 Å². The van der Waals surface area contributed by atoms with Crippen molar-refractivity contribution in [3.8, 4) is 0 Å². The number of nitrogens with zero attached hydrogens (tertiary/aromatic N) is 4. The topological polar surface area (TPSA) is 66.4 Å². The lowest BCUT2D eigenvalue weighted by molar-refractivity contribution is -0.138. The number of rotatable bonds is 4. The zero-order chi connectivity index (χ0) is 23.0. The van der Waals surface area contributed by atoms with Gasteiger partial charge in [0.1, 0.15) is 17.5 Å². The summed E-state index contributed by atoms with van der Waals surface area (Å²) in [6, 6.07) is 6.66. The Morgan fingerprint density at radius 3 is 2.66 bits per heavy atom. The zero-order valence-electron chi connectivity index (χ0n) is 19.3. The summed E-state index contributed by atoms with van der Waals surface area (Å²) in [5, 5.41) is 0. The van der Waals surface area contributed by atoms with Crippen molar-refractivity contribution >= 4 is 17.6 Å². The van der Waals surface area contributed by atoms with Gasteiger partial charge in [-0.3, -0.25) is 14.5 Å². The first-order valence-corrected chi connectivity index (χ1v) is 11.4. The predicted octanol–water partition coefficient (Wildman–Crippen LogP) is 3.81. The number of aromatic nitrogens is 2. The minimum absolute atomic E-state index is 0.00819. The summed E-state index contributed by atoms with van der Waals surface area (Å²) < 4.78 is 14.1. The molecule has 7 heteroatoms. The molecule has 1 aromatic carbocycles. The van der Waals surface area contributed by atoms with Crippen molar-refractivity contribution in [2.24, 2.45) is 5.41 Å². The lowest BCUT2D eigenvalue weighted by atomic mass is 9.95. The van der Waals surface area contributed by atoms with Crippen LogP contribution in [0.15, 0.2) is 24.3 Å². The SMILES string of the molecule is Cc1nc([C@@H]2CCN(C(=O)C(C)(C)C)C2)nc2c1CCC(=O)N2CCc1ccccc1F. The molecule has 6 nitrogen and oxygen atoms in total. The monoisotopic (exact) mass is 438 g/mol. The Hall–Kier alpha value is -2.83. The maximum atomic E-state index is 14.1. The van der Waals surface area contributed by atoms with Crippen LogP contribution in [0.1, 0.15) is 62.2 Å². The third kappa shape index (κ3) is 4.38. The van der Waals surface area contributed by atoms with E-state index in [2.05, 4.69) is 0 Å². The van der Waals surface area contributed by atoms with Gasteiger partial charge in [0.2, 0.25) is 11.8 Å². The van der Waals surface area contributed by atoms with Crippen LogP contribution >= 0.6 is 0 Å². The minimum Gasteiger partial charge on any atom is -0.341 e. The number of fused-ring (bicyclic) bond motifs is 1. The fourth-order valence-corrected chi connectivity index (χ4v) is 4.58. The van der Waals surface area contributed by atoms with E-state index in [0.717, 1.165) is 17.7 Å². The van der Waals surface area contributed by atoms with Crippen LogP contribution in [0, 0.1) is 18.2 Å². The second kappa shape index (κ2) is 8.60. The lowest BCUT2D eigenvalue weighted by Gasteiger charge is -2.30. The van der Waals surface area contributed by atoms with Crippen LogP contribution in [0.3, 0.4) is 0 Å². The molecule has 2 aliphatic heterocycles. The van der Waals surface area contributed by atoms with E-state index in [-0.39, 0.29) is 23.5 Å². The molecule has 0 radical (unpaired) electrons. The molecule has 2 aliphatic rings. The van der Waals surface area contributed by atoms with Crippen molar-refractivity contribution in [1.29, 1.82) is 0 Å². The van der Waals surface area contributed by atoms with Crippen molar-refractivity contribution in [3.05, 3.63) is 52.7 Å². The summed E-state index contributed by atoms with van der Waals surface area (Å²) >= 11 is 0. The first-order valence-electron chi connectivity index (χ1n) is 11.4. The predicted molar refractivity (Wildman–Crippen MR) is 121 cm³/mol. The fraction of sp³-hybridized carbons (Fsp3) is 0.520. The molecule has 170 valence electrons. The first kappa shape index (κ1) is 22.4. The van der Waals surface area contributed by atoms with Crippen LogP contribution in [-0.4, -0.2) is 46.3 Å². The van der Waals surface area contributed by atoms with Crippen LogP contribution in [-0.2, 0) is 22.4 Å². The molecule has 3 heterocycles. The summed E-state index contributed by atoms with van der Waals surface area (Å²) in [7, 11) is 0. The number of aryl methyl sites for hydroxylation is 1. The highest BCUT2D eigenvalue weighted by molar-refractivity contribution is 5.95. The van der Waals surface area contributed by atoms with Crippen molar-refractivity contribution in [1.82, 2.24) is 14.9 Å². The Balaban J connectivity index is 1.58. The van der Waals surface area contributed by atoms with E-state index in [4.69, 9.17) is 9.97 Å². The van der Waals surface area contributed by atoms with Gasteiger partial charge >= 0.3 is 0 Å². The second-order valence-corrected chi connectivity index (χ2v) is 9.84. The van der Waals surface area contributed by atoms with E-state index < -0.39 is 5.41 Å². The van der Waals surface area contributed by atoms with Gasteiger partial charge in [-0.1, -0.05) is 39.0 Å². The highest BCUT2D eigenvalue weighted by atomic mass is 19.1. The summed E-state index contributed by atoms with van der Waals surface area (Å²) in [5.74, 6) is 1.28. The second-order valence-electron chi connectivity index (χ2n) is 9.84. The van der Waals surface area contributed by atoms with Gasteiger partial charge in [-0.25, -0.2) is 14.4 Å². The van der Waals surface area contributed by atoms with Crippen LogP contribution < -0.4 is 4.90 Å². The van der Waals surface area contributed by atoms with E-state index in [1.807, 2.05) is 32.6 Å². The molecular formula is C25H31FN4O2. The summed E-state index contributed by atoms with van der Waals surface area (Å²) in [4.78, 5) is 38.7. The average molecular weight is 439 g/mol. The standard InChI is InChI=1S/C25H31FN4O2/c1-16-19-9-10-21(31)30(14-12-17-7-5-6-8-20(17)26)23(19)28-22(27-16)18-11-13-29(15-18)24(32)25(2,3)4/h5-8,18H,9-15H2,1-4H3/t18-/m1/s1. The molecule has 0 bridgehead atoms. The number of likely N-dealkylation sites (tertiary alicyclic amines) is 1. The Bertz CT molecular complexity index is 1050. The normalized spacial score (nSPS) is 18.8. The minimum atomic E-state index is -0.419. The molecule has 1 aromatic heterocycles. The van der Waals surface area contributed by atoms with Crippen molar-refractivity contribution in [2.75, 3.05) is 24.5 Å². The van der Waals surface area contributed by atoms with E-state index in [1.165, 1.54) is 6.07 Å². The highest BCUT2D eigenvalue weighted by Crippen LogP contribution is 2.33. The quantitative estimate of drug-likeness (QED) is 0.728. The van der Waals surface area contributed by atoms with Gasteiger partial charge in [0, 0.05) is 48.6 Å². The number of amides is 2. The van der Waals surface area contributed by atoms with E-state index in [9.17, 15) is 14.0 Å². The van der Waals surface area contributed by atoms with E-state index >= 15 is 0 Å². The number of hydrogen-bond donors (Lipinski definition) is 0. The molecule has 0 N–H and O–H groups in total. The van der Waals surface area contributed by atoms with Gasteiger partial charge in [0.05, 0.1) is 0 Å². The number of carbonyl (C=O) groups is 2. The number of hydrogen-bond acceptors (Lipinski definition) is 4. The number of halogens is 1. The lowest BCUT2D eigenvalue weighted by Crippen LogP contribution is -2.39. The molecule has 0 unspecified atom stereocenters. The molecule has 1 fully saturated rings. The maximum Gasteiger partial charge on any atom is 0.228 e. The number of carbonyl (C=O) groups excluding carboxylic acids is 2. The molecule has 32 heavy (non-hydrogen) atoms. The Labute approximate surface area is 188 Å². The zero-order valence-corrected chi connectivity index (χ0v) is 19.3. The summed E-state index contributed by atoms with van der Waals surface area (Å²) in [6.07, 6.45) is 2.26. The Morgan fingerprint density at radius 1 is 1.19 bits per heavy atom. The molecule has 1 atom stereocenters. The number of anilines is 1. The Kier molecular flexibility index (Phi) is 6.01. The smallest absolute Gasteiger partial charge is 0.228 e. The summed E-state index contributed by atoms with van der Waals surface area (Å²) in [6.45, 7) is 9.42. The van der Waals surface area contributed by atoms with Crippen molar-refractivity contribution in [2.45, 2.75) is 59.3 Å². The molecule has 0 aliphatic carbocycles. The fourth-order valence-electron chi connectivity index (χ4n) is 4.58. The van der Waals surface area contributed by atoms with Gasteiger partial charge in [-0.05, 0) is 37.8 Å². The summed E-state index contributed by atoms with van der Waals surface area (Å²) in [5.41, 5.74) is 2.04. The van der Waals surface area contributed by atoms with Crippen LogP contribution in [0.25, 0.3) is 0 Å². The Morgan fingerprint density at radius 2 is 1.94 bits per heavy atom. The molecule has 1 saturated heterocycles. The third-order valence-electron chi connectivity index (χ3n) is 6.40. The molecule has 2 amide bonds. The largest absolute Gasteiger partial charge is 0.341 e. The molecule has 2 aromatic rings. The average Bonchev–Trinajstić information content (AvgIpc) is 3.23. The van der Waals surface area contributed by atoms with Gasteiger partial charge in [-0.2, -0.15) is 0 Å². The molecule has 0 spiro atoms. The maximum absolute atomic E-state index is 14.1.